The molecule has 112 valence electrons. The van der Waals surface area contributed by atoms with Crippen molar-refractivity contribution in [3.05, 3.63) is 52.8 Å². The van der Waals surface area contributed by atoms with Gasteiger partial charge in [-0.2, -0.15) is 10.5 Å². The van der Waals surface area contributed by atoms with E-state index in [4.69, 9.17) is 25.2 Å². The monoisotopic (exact) mass is 308 g/mol. The number of rotatable bonds is 4. The molecule has 7 heteroatoms. The first-order chi connectivity index (χ1) is 10.9. The Morgan fingerprint density at radius 3 is 2.04 bits per heavy atom. The molecular formula is C16H8N2O5. The highest BCUT2D eigenvalue weighted by Gasteiger charge is 2.14. The van der Waals surface area contributed by atoms with Gasteiger partial charge in [-0.05, 0) is 30.3 Å². The summed E-state index contributed by atoms with van der Waals surface area (Å²) in [6.45, 7) is 0. The number of carboxylic acid groups (broad SMARTS) is 2. The molecule has 2 N–H and O–H groups in total. The molecule has 0 saturated heterocycles. The first-order valence-electron chi connectivity index (χ1n) is 6.18. The van der Waals surface area contributed by atoms with Gasteiger partial charge in [0.25, 0.3) is 0 Å². The number of hydrogen-bond acceptors (Lipinski definition) is 5. The van der Waals surface area contributed by atoms with Gasteiger partial charge in [0.2, 0.25) is 0 Å². The van der Waals surface area contributed by atoms with Crippen LogP contribution in [0.5, 0.6) is 0 Å². The zero-order valence-electron chi connectivity index (χ0n) is 11.5. The molecule has 0 radical (unpaired) electrons. The fourth-order valence-electron chi connectivity index (χ4n) is 1.83. The van der Waals surface area contributed by atoms with Gasteiger partial charge < -0.3 is 14.6 Å². The Labute approximate surface area is 129 Å². The first-order valence-corrected chi connectivity index (χ1v) is 6.18. The highest BCUT2D eigenvalue weighted by atomic mass is 16.4. The number of carboxylic acids is 2. The Morgan fingerprint density at radius 1 is 1.00 bits per heavy atom. The summed E-state index contributed by atoms with van der Waals surface area (Å²) in [6.07, 6.45) is 1.22. The van der Waals surface area contributed by atoms with E-state index in [0.29, 0.717) is 0 Å². The minimum absolute atomic E-state index is 0.156. The third kappa shape index (κ3) is 3.43. The highest BCUT2D eigenvalue weighted by molar-refractivity contribution is 5.95. The molecular weight excluding hydrogens is 300 g/mol. The van der Waals surface area contributed by atoms with Gasteiger partial charge in [0.1, 0.15) is 29.2 Å². The summed E-state index contributed by atoms with van der Waals surface area (Å²) in [4.78, 5) is 22.2. The largest absolute Gasteiger partial charge is 0.478 e. The van der Waals surface area contributed by atoms with Crippen molar-refractivity contribution >= 4 is 18.0 Å². The lowest BCUT2D eigenvalue weighted by Gasteiger charge is -2.03. The van der Waals surface area contributed by atoms with Gasteiger partial charge in [0, 0.05) is 11.6 Å². The van der Waals surface area contributed by atoms with Gasteiger partial charge in [-0.1, -0.05) is 0 Å². The molecule has 7 nitrogen and oxygen atoms in total. The summed E-state index contributed by atoms with van der Waals surface area (Å²) in [5.41, 5.74) is -0.278. The van der Waals surface area contributed by atoms with Crippen LogP contribution in [-0.4, -0.2) is 22.2 Å². The second-order valence-electron chi connectivity index (χ2n) is 4.39. The molecule has 23 heavy (non-hydrogen) atoms. The van der Waals surface area contributed by atoms with Crippen LogP contribution in [-0.2, 0) is 0 Å². The van der Waals surface area contributed by atoms with Crippen molar-refractivity contribution in [1.29, 1.82) is 10.5 Å². The summed E-state index contributed by atoms with van der Waals surface area (Å²) in [6, 6.07) is 9.93. The Hall–Kier alpha value is -3.84. The van der Waals surface area contributed by atoms with Gasteiger partial charge in [-0.15, -0.1) is 0 Å². The second-order valence-corrected chi connectivity index (χ2v) is 4.39. The third-order valence-electron chi connectivity index (χ3n) is 2.87. The van der Waals surface area contributed by atoms with Crippen molar-refractivity contribution in [3.8, 4) is 23.5 Å². The van der Waals surface area contributed by atoms with Crippen LogP contribution < -0.4 is 0 Å². The maximum absolute atomic E-state index is 11.1. The van der Waals surface area contributed by atoms with Crippen molar-refractivity contribution in [2.75, 3.05) is 0 Å². The van der Waals surface area contributed by atoms with Gasteiger partial charge in [0.15, 0.2) is 0 Å². The topological polar surface area (TPSA) is 135 Å². The zero-order valence-corrected chi connectivity index (χ0v) is 11.5. The average molecular weight is 308 g/mol. The maximum atomic E-state index is 11.1. The van der Waals surface area contributed by atoms with Crippen LogP contribution in [0.1, 0.15) is 26.5 Å². The zero-order chi connectivity index (χ0) is 17.0. The summed E-state index contributed by atoms with van der Waals surface area (Å²) in [5.74, 6) is -2.10. The number of allylic oxidation sites excluding steroid dienone is 1. The van der Waals surface area contributed by atoms with E-state index in [2.05, 4.69) is 0 Å². The Kier molecular flexibility index (Phi) is 4.25. The van der Waals surface area contributed by atoms with Crippen LogP contribution in [0.2, 0.25) is 0 Å². The number of nitriles is 2. The van der Waals surface area contributed by atoms with Crippen LogP contribution in [0.3, 0.4) is 0 Å². The number of hydrogen-bond donors (Lipinski definition) is 2. The molecule has 0 unspecified atom stereocenters. The van der Waals surface area contributed by atoms with Crippen molar-refractivity contribution < 1.29 is 24.2 Å². The van der Waals surface area contributed by atoms with E-state index in [-0.39, 0.29) is 33.8 Å². The smallest absolute Gasteiger partial charge is 0.335 e. The second kappa shape index (κ2) is 6.29. The van der Waals surface area contributed by atoms with Crippen molar-refractivity contribution in [2.45, 2.75) is 0 Å². The number of benzene rings is 1. The summed E-state index contributed by atoms with van der Waals surface area (Å²) < 4.78 is 5.41. The summed E-state index contributed by atoms with van der Waals surface area (Å²) in [5, 5.41) is 35.5. The third-order valence-corrected chi connectivity index (χ3v) is 2.87. The molecule has 0 fully saturated rings. The van der Waals surface area contributed by atoms with Crippen molar-refractivity contribution in [2.24, 2.45) is 0 Å². The van der Waals surface area contributed by atoms with Crippen LogP contribution in [0, 0.1) is 22.7 Å². The first kappa shape index (κ1) is 15.5. The lowest BCUT2D eigenvalue weighted by Crippen LogP contribution is -2.02. The van der Waals surface area contributed by atoms with E-state index in [1.165, 1.54) is 30.3 Å². The number of aromatic carboxylic acids is 2. The normalized spacial score (nSPS) is 9.48. The fourth-order valence-corrected chi connectivity index (χ4v) is 1.83. The van der Waals surface area contributed by atoms with E-state index in [1.54, 1.807) is 12.1 Å². The van der Waals surface area contributed by atoms with E-state index in [0.717, 1.165) is 6.07 Å². The van der Waals surface area contributed by atoms with Crippen LogP contribution in [0.4, 0.5) is 0 Å². The average Bonchev–Trinajstić information content (AvgIpc) is 3.00. The minimum atomic E-state index is -1.27. The predicted octanol–water partition coefficient (Wildman–Crippen LogP) is 2.77. The number of nitrogens with zero attached hydrogens (tertiary/aromatic N) is 2. The van der Waals surface area contributed by atoms with Gasteiger partial charge in [0.05, 0.1) is 11.1 Å². The van der Waals surface area contributed by atoms with E-state index >= 15 is 0 Å². The molecule has 1 aromatic carbocycles. The standard InChI is InChI=1S/C16H8N2O5/c17-7-9(8-18)3-13-1-2-14(23-13)10-4-11(15(19)20)6-12(5-10)16(21)22/h1-6H,(H,19,20)(H,21,22). The minimum Gasteiger partial charge on any atom is -0.478 e. The van der Waals surface area contributed by atoms with Crippen molar-refractivity contribution in [1.82, 2.24) is 0 Å². The summed E-state index contributed by atoms with van der Waals surface area (Å²) in [7, 11) is 0. The molecule has 0 saturated carbocycles. The van der Waals surface area contributed by atoms with E-state index < -0.39 is 11.9 Å². The van der Waals surface area contributed by atoms with Gasteiger partial charge in [-0.25, -0.2) is 9.59 Å². The van der Waals surface area contributed by atoms with Crippen LogP contribution in [0.25, 0.3) is 17.4 Å². The van der Waals surface area contributed by atoms with E-state index in [1.807, 2.05) is 0 Å². The Morgan fingerprint density at radius 2 is 1.57 bits per heavy atom. The molecule has 0 aliphatic heterocycles. The lowest BCUT2D eigenvalue weighted by molar-refractivity contribution is 0.0696. The van der Waals surface area contributed by atoms with E-state index in [9.17, 15) is 9.59 Å². The van der Waals surface area contributed by atoms with Gasteiger partial charge >= 0.3 is 11.9 Å². The molecule has 2 rings (SSSR count). The molecule has 1 aromatic heterocycles. The van der Waals surface area contributed by atoms with Crippen LogP contribution >= 0.6 is 0 Å². The molecule has 0 spiro atoms. The predicted molar refractivity (Wildman–Crippen MR) is 77.3 cm³/mol. The summed E-state index contributed by atoms with van der Waals surface area (Å²) >= 11 is 0. The molecule has 0 aliphatic rings. The molecule has 2 aromatic rings. The van der Waals surface area contributed by atoms with Gasteiger partial charge in [-0.3, -0.25) is 0 Å². The SMILES string of the molecule is N#CC(C#N)=Cc1ccc(-c2cc(C(=O)O)cc(C(=O)O)c2)o1. The quantitative estimate of drug-likeness (QED) is 0.829. The fraction of sp³-hybridized carbons (Fsp3) is 0. The molecule has 0 atom stereocenters. The maximum Gasteiger partial charge on any atom is 0.335 e. The molecule has 0 bridgehead atoms. The molecule has 0 aliphatic carbocycles. The number of carbonyl (C=O) groups is 2. The Bertz CT molecular complexity index is 861. The molecule has 1 heterocycles. The van der Waals surface area contributed by atoms with Crippen LogP contribution in [0.15, 0.2) is 40.3 Å². The lowest BCUT2D eigenvalue weighted by atomic mass is 10.0. The Balaban J connectivity index is 2.51. The van der Waals surface area contributed by atoms with Crippen molar-refractivity contribution in [3.63, 3.8) is 0 Å². The highest BCUT2D eigenvalue weighted by Crippen LogP contribution is 2.26. The number of furan rings is 1. The molecule has 0 amide bonds.